The first-order chi connectivity index (χ1) is 5.69. The molecule has 0 radical (unpaired) electrons. The molecule has 1 aromatic carbocycles. The van der Waals surface area contributed by atoms with E-state index in [0.29, 0.717) is 10.9 Å². The molecule has 0 aliphatic rings. The highest BCUT2D eigenvalue weighted by molar-refractivity contribution is 9.08. The van der Waals surface area contributed by atoms with E-state index in [2.05, 4.69) is 15.9 Å². The van der Waals surface area contributed by atoms with Gasteiger partial charge < -0.3 is 0 Å². The smallest absolute Gasteiger partial charge is 0.144 e. The molecule has 4 heteroatoms. The molecule has 0 amide bonds. The van der Waals surface area contributed by atoms with E-state index in [9.17, 15) is 8.78 Å². The first-order valence-electron chi connectivity index (χ1n) is 3.13. The molecule has 0 atom stereocenters. The summed E-state index contributed by atoms with van der Waals surface area (Å²) >= 11 is 3.06. The number of alkyl halides is 1. The summed E-state index contributed by atoms with van der Waals surface area (Å²) in [6, 6.07) is 3.72. The maximum atomic E-state index is 12.8. The Morgan fingerprint density at radius 1 is 1.33 bits per heavy atom. The zero-order valence-electron chi connectivity index (χ0n) is 5.94. The van der Waals surface area contributed by atoms with Crippen LogP contribution in [-0.4, -0.2) is 0 Å². The molecule has 0 unspecified atom stereocenters. The molecule has 1 rings (SSSR count). The maximum absolute atomic E-state index is 12.8. The van der Waals surface area contributed by atoms with Crippen molar-refractivity contribution in [3.63, 3.8) is 0 Å². The molecule has 62 valence electrons. The molecule has 0 saturated carbocycles. The Kier molecular flexibility index (Phi) is 2.77. The Hall–Kier alpha value is -0.950. The van der Waals surface area contributed by atoms with Gasteiger partial charge in [-0.3, -0.25) is 0 Å². The lowest BCUT2D eigenvalue weighted by atomic mass is 10.1. The van der Waals surface area contributed by atoms with Crippen molar-refractivity contribution in [3.05, 3.63) is 34.9 Å². The Balaban J connectivity index is 3.30. The summed E-state index contributed by atoms with van der Waals surface area (Å²) in [5.41, 5.74) is -0.0521. The normalized spacial score (nSPS) is 9.50. The van der Waals surface area contributed by atoms with Gasteiger partial charge in [0.2, 0.25) is 0 Å². The summed E-state index contributed by atoms with van der Waals surface area (Å²) in [5, 5.41) is 8.69. The van der Waals surface area contributed by atoms with Crippen molar-refractivity contribution in [2.24, 2.45) is 0 Å². The van der Waals surface area contributed by atoms with Gasteiger partial charge in [0, 0.05) is 5.33 Å². The number of nitrogens with zero attached hydrogens (tertiary/aromatic N) is 1. The van der Waals surface area contributed by atoms with Crippen LogP contribution in [0.4, 0.5) is 8.78 Å². The molecule has 1 aromatic rings. The van der Waals surface area contributed by atoms with Crippen molar-refractivity contribution in [1.29, 1.82) is 5.26 Å². The Morgan fingerprint density at radius 2 is 1.83 bits per heavy atom. The van der Waals surface area contributed by atoms with E-state index in [1.807, 2.05) is 0 Å². The Bertz CT molecular complexity index is 320. The summed E-state index contributed by atoms with van der Waals surface area (Å²) in [7, 11) is 0. The van der Waals surface area contributed by atoms with Crippen molar-refractivity contribution < 1.29 is 8.78 Å². The fraction of sp³-hybridized carbons (Fsp3) is 0.125. The molecule has 0 aromatic heterocycles. The maximum Gasteiger partial charge on any atom is 0.144 e. The molecule has 0 fully saturated rings. The second-order valence-electron chi connectivity index (χ2n) is 2.18. The van der Waals surface area contributed by atoms with Gasteiger partial charge >= 0.3 is 0 Å². The highest BCUT2D eigenvalue weighted by atomic mass is 79.9. The van der Waals surface area contributed by atoms with E-state index in [1.54, 1.807) is 0 Å². The van der Waals surface area contributed by atoms with Crippen LogP contribution in [0.25, 0.3) is 0 Å². The van der Waals surface area contributed by atoms with Crippen LogP contribution in [0.2, 0.25) is 0 Å². The number of rotatable bonds is 1. The minimum absolute atomic E-state index is 0.368. The standard InChI is InChI=1S/C8H4BrF2N/c9-3-5-1-7(10)6(4-12)8(11)2-5/h1-2H,3H2. The molecular weight excluding hydrogens is 228 g/mol. The molecule has 0 spiro atoms. The predicted octanol–water partition coefficient (Wildman–Crippen LogP) is 2.73. The minimum Gasteiger partial charge on any atom is -0.205 e. The van der Waals surface area contributed by atoms with Crippen molar-refractivity contribution in [3.8, 4) is 6.07 Å². The zero-order chi connectivity index (χ0) is 9.14. The minimum atomic E-state index is -0.813. The highest BCUT2D eigenvalue weighted by Crippen LogP contribution is 2.15. The molecule has 12 heavy (non-hydrogen) atoms. The van der Waals surface area contributed by atoms with Crippen LogP contribution in [0.3, 0.4) is 0 Å². The number of hydrogen-bond donors (Lipinski definition) is 0. The SMILES string of the molecule is N#Cc1c(F)cc(CBr)cc1F. The van der Waals surface area contributed by atoms with Gasteiger partial charge in [0.1, 0.15) is 23.3 Å². The highest BCUT2D eigenvalue weighted by Gasteiger charge is 2.09. The largest absolute Gasteiger partial charge is 0.205 e. The van der Waals surface area contributed by atoms with Gasteiger partial charge in [-0.15, -0.1) is 0 Å². The van der Waals surface area contributed by atoms with Crippen LogP contribution in [0.5, 0.6) is 0 Å². The first kappa shape index (κ1) is 9.14. The van der Waals surface area contributed by atoms with Crippen LogP contribution in [0.15, 0.2) is 12.1 Å². The van der Waals surface area contributed by atoms with Crippen molar-refractivity contribution in [2.45, 2.75) is 5.33 Å². The summed E-state index contributed by atoms with van der Waals surface area (Å²) in [6.07, 6.45) is 0. The number of hydrogen-bond acceptors (Lipinski definition) is 1. The van der Waals surface area contributed by atoms with Gasteiger partial charge in [0.05, 0.1) is 0 Å². The molecule has 0 aliphatic heterocycles. The van der Waals surface area contributed by atoms with Crippen LogP contribution in [0, 0.1) is 23.0 Å². The molecule has 1 nitrogen and oxygen atoms in total. The monoisotopic (exact) mass is 231 g/mol. The van der Waals surface area contributed by atoms with Crippen molar-refractivity contribution in [2.75, 3.05) is 0 Å². The lowest BCUT2D eigenvalue weighted by Gasteiger charge is -1.98. The first-order valence-corrected chi connectivity index (χ1v) is 4.25. The van der Waals surface area contributed by atoms with Crippen molar-refractivity contribution in [1.82, 2.24) is 0 Å². The fourth-order valence-corrected chi connectivity index (χ4v) is 1.13. The summed E-state index contributed by atoms with van der Waals surface area (Å²) in [6.45, 7) is 0. The van der Waals surface area contributed by atoms with E-state index in [-0.39, 0.29) is 0 Å². The lowest BCUT2D eigenvalue weighted by molar-refractivity contribution is 0.575. The summed E-state index contributed by atoms with van der Waals surface area (Å²) < 4.78 is 25.6. The Labute approximate surface area is 76.8 Å². The fourth-order valence-electron chi connectivity index (χ4n) is 0.810. The average Bonchev–Trinajstić information content (AvgIpc) is 2.03. The zero-order valence-corrected chi connectivity index (χ0v) is 7.53. The third-order valence-electron chi connectivity index (χ3n) is 1.37. The van der Waals surface area contributed by atoms with E-state index >= 15 is 0 Å². The molecule has 0 saturated heterocycles. The third kappa shape index (κ3) is 1.62. The number of benzene rings is 1. The quantitative estimate of drug-likeness (QED) is 0.683. The molecule has 0 bridgehead atoms. The number of halogens is 3. The summed E-state index contributed by atoms with van der Waals surface area (Å²) in [5.74, 6) is -1.63. The van der Waals surface area contributed by atoms with E-state index in [1.165, 1.54) is 6.07 Å². The third-order valence-corrected chi connectivity index (χ3v) is 2.02. The van der Waals surface area contributed by atoms with Gasteiger partial charge in [-0.05, 0) is 17.7 Å². The second kappa shape index (κ2) is 3.63. The van der Waals surface area contributed by atoms with Crippen LogP contribution < -0.4 is 0 Å². The average molecular weight is 232 g/mol. The Morgan fingerprint density at radius 3 is 2.17 bits per heavy atom. The molecule has 0 N–H and O–H groups in total. The van der Waals surface area contributed by atoms with Gasteiger partial charge in [-0.25, -0.2) is 8.78 Å². The van der Waals surface area contributed by atoms with E-state index in [0.717, 1.165) is 12.1 Å². The molecule has 0 aliphatic carbocycles. The molecular formula is C8H4BrF2N. The van der Waals surface area contributed by atoms with Gasteiger partial charge in [-0.1, -0.05) is 15.9 Å². The van der Waals surface area contributed by atoms with E-state index in [4.69, 9.17) is 5.26 Å². The van der Waals surface area contributed by atoms with Gasteiger partial charge in [0.25, 0.3) is 0 Å². The molecule has 0 heterocycles. The lowest BCUT2D eigenvalue weighted by Crippen LogP contribution is -1.92. The topological polar surface area (TPSA) is 23.8 Å². The second-order valence-corrected chi connectivity index (χ2v) is 2.74. The predicted molar refractivity (Wildman–Crippen MR) is 43.7 cm³/mol. The van der Waals surface area contributed by atoms with Gasteiger partial charge in [-0.2, -0.15) is 5.26 Å². The van der Waals surface area contributed by atoms with Crippen LogP contribution >= 0.6 is 15.9 Å². The van der Waals surface area contributed by atoms with Crippen molar-refractivity contribution >= 4 is 15.9 Å². The van der Waals surface area contributed by atoms with Crippen LogP contribution in [0.1, 0.15) is 11.1 Å². The van der Waals surface area contributed by atoms with Crippen LogP contribution in [-0.2, 0) is 5.33 Å². The number of nitriles is 1. The summed E-state index contributed by atoms with van der Waals surface area (Å²) in [4.78, 5) is 0. The van der Waals surface area contributed by atoms with E-state index < -0.39 is 17.2 Å². The van der Waals surface area contributed by atoms with Gasteiger partial charge in [0.15, 0.2) is 0 Å².